The van der Waals surface area contributed by atoms with Gasteiger partial charge in [0, 0.05) is 17.5 Å². The monoisotopic (exact) mass is 274 g/mol. The molecule has 1 rings (SSSR count). The van der Waals surface area contributed by atoms with Crippen molar-refractivity contribution in [2.75, 3.05) is 6.61 Å². The molecule has 3 nitrogen and oxygen atoms in total. The van der Waals surface area contributed by atoms with Crippen molar-refractivity contribution in [1.82, 2.24) is 4.98 Å². The van der Waals surface area contributed by atoms with E-state index in [1.807, 2.05) is 6.07 Å². The highest BCUT2D eigenvalue weighted by atomic mass is 35.5. The third-order valence-electron chi connectivity index (χ3n) is 2.37. The van der Waals surface area contributed by atoms with Crippen molar-refractivity contribution in [1.29, 1.82) is 0 Å². The van der Waals surface area contributed by atoms with Crippen molar-refractivity contribution < 1.29 is 5.11 Å². The summed E-state index contributed by atoms with van der Waals surface area (Å²) < 4.78 is 0. The molecule has 3 N–H and O–H groups in total. The Morgan fingerprint density at radius 3 is 2.65 bits per heavy atom. The van der Waals surface area contributed by atoms with E-state index < -0.39 is 0 Å². The first-order valence-electron chi connectivity index (χ1n) is 5.67. The molecule has 96 valence electrons. The average Bonchev–Trinajstić information content (AvgIpc) is 2.27. The highest BCUT2D eigenvalue weighted by molar-refractivity contribution is 7.99. The second-order valence-corrected chi connectivity index (χ2v) is 6.14. The van der Waals surface area contributed by atoms with Gasteiger partial charge in [-0.05, 0) is 24.5 Å². The summed E-state index contributed by atoms with van der Waals surface area (Å²) in [6.45, 7) is 4.31. The maximum Gasteiger partial charge on any atom is 0.0965 e. The van der Waals surface area contributed by atoms with Gasteiger partial charge in [-0.15, -0.1) is 0 Å². The van der Waals surface area contributed by atoms with Gasteiger partial charge in [0.15, 0.2) is 0 Å². The Morgan fingerprint density at radius 1 is 1.47 bits per heavy atom. The maximum atomic E-state index is 9.37. The summed E-state index contributed by atoms with van der Waals surface area (Å²) >= 11 is 7.27. The first-order valence-corrected chi connectivity index (χ1v) is 6.93. The third-order valence-corrected chi connectivity index (χ3v) is 3.88. The molecule has 0 aromatic carbocycles. The summed E-state index contributed by atoms with van der Waals surface area (Å²) in [4.78, 5) is 4.19. The Hall–Kier alpha value is -0.290. The van der Waals surface area contributed by atoms with Gasteiger partial charge in [0.2, 0.25) is 0 Å². The summed E-state index contributed by atoms with van der Waals surface area (Å²) in [5, 5.41) is 10.8. The van der Waals surface area contributed by atoms with Crippen molar-refractivity contribution in [3.05, 3.63) is 23.4 Å². The van der Waals surface area contributed by atoms with Gasteiger partial charge in [0.1, 0.15) is 0 Å². The number of thioether (sulfide) groups is 1. The molecule has 0 spiro atoms. The van der Waals surface area contributed by atoms with Crippen LogP contribution in [0.2, 0.25) is 5.02 Å². The number of aliphatic hydroxyl groups is 1. The predicted octanol–water partition coefficient (Wildman–Crippen LogP) is 2.56. The van der Waals surface area contributed by atoms with E-state index >= 15 is 0 Å². The molecule has 0 aliphatic rings. The predicted molar refractivity (Wildman–Crippen MR) is 73.4 cm³/mol. The van der Waals surface area contributed by atoms with E-state index in [9.17, 15) is 5.11 Å². The van der Waals surface area contributed by atoms with Gasteiger partial charge < -0.3 is 10.8 Å². The number of rotatable bonds is 6. The maximum absolute atomic E-state index is 9.37. The molecule has 5 heteroatoms. The van der Waals surface area contributed by atoms with Crippen molar-refractivity contribution in [2.45, 2.75) is 36.6 Å². The Bertz CT molecular complexity index is 332. The highest BCUT2D eigenvalue weighted by Gasteiger charge is 2.19. The van der Waals surface area contributed by atoms with Gasteiger partial charge in [0.05, 0.1) is 16.7 Å². The molecule has 17 heavy (non-hydrogen) atoms. The number of hydrogen-bond donors (Lipinski definition) is 2. The van der Waals surface area contributed by atoms with Crippen LogP contribution in [0.25, 0.3) is 0 Å². The van der Waals surface area contributed by atoms with Crippen LogP contribution in [-0.4, -0.2) is 28.0 Å². The first-order chi connectivity index (χ1) is 8.02. The number of aromatic nitrogens is 1. The molecule has 0 aliphatic heterocycles. The number of hydrogen-bond acceptors (Lipinski definition) is 4. The van der Waals surface area contributed by atoms with Crippen LogP contribution >= 0.6 is 23.4 Å². The molecular weight excluding hydrogens is 256 g/mol. The minimum absolute atomic E-state index is 0.0222. The molecule has 0 saturated carbocycles. The largest absolute Gasteiger partial charge is 0.395 e. The lowest BCUT2D eigenvalue weighted by atomic mass is 10.0. The van der Waals surface area contributed by atoms with E-state index in [0.29, 0.717) is 10.9 Å². The van der Waals surface area contributed by atoms with Gasteiger partial charge in [-0.1, -0.05) is 37.2 Å². The fourth-order valence-electron chi connectivity index (χ4n) is 1.54. The van der Waals surface area contributed by atoms with Crippen LogP contribution in [0, 0.1) is 5.92 Å². The molecule has 0 fully saturated rings. The molecule has 1 aromatic heterocycles. The molecule has 2 atom stereocenters. The topological polar surface area (TPSA) is 59.1 Å². The summed E-state index contributed by atoms with van der Waals surface area (Å²) in [5.74, 6) is 0.526. The van der Waals surface area contributed by atoms with Crippen LogP contribution < -0.4 is 5.73 Å². The molecule has 0 saturated heterocycles. The van der Waals surface area contributed by atoms with E-state index in [1.54, 1.807) is 12.3 Å². The Kier molecular flexibility index (Phi) is 6.27. The molecule has 1 aromatic rings. The van der Waals surface area contributed by atoms with Crippen LogP contribution in [0.5, 0.6) is 0 Å². The quantitative estimate of drug-likeness (QED) is 0.783. The zero-order chi connectivity index (χ0) is 12.8. The Balaban J connectivity index is 2.59. The first kappa shape index (κ1) is 14.8. The number of pyridine rings is 1. The highest BCUT2D eigenvalue weighted by Crippen LogP contribution is 2.25. The number of nitrogens with two attached hydrogens (primary N) is 1. The second kappa shape index (κ2) is 7.21. The molecular formula is C12H19ClN2OS. The van der Waals surface area contributed by atoms with Crippen molar-refractivity contribution in [3.63, 3.8) is 0 Å². The number of halogens is 1. The zero-order valence-corrected chi connectivity index (χ0v) is 11.7. The van der Waals surface area contributed by atoms with E-state index in [4.69, 9.17) is 17.3 Å². The van der Waals surface area contributed by atoms with Crippen LogP contribution in [0.4, 0.5) is 0 Å². The Labute approximate surface area is 112 Å². The minimum atomic E-state index is -0.0255. The zero-order valence-electron chi connectivity index (χ0n) is 10.1. The molecule has 0 amide bonds. The summed E-state index contributed by atoms with van der Waals surface area (Å²) in [7, 11) is 0. The minimum Gasteiger partial charge on any atom is -0.395 e. The van der Waals surface area contributed by atoms with Crippen LogP contribution in [0.15, 0.2) is 23.4 Å². The summed E-state index contributed by atoms with van der Waals surface area (Å²) in [6.07, 6.45) is 2.50. The van der Waals surface area contributed by atoms with Gasteiger partial charge in [0.25, 0.3) is 0 Å². The third kappa shape index (κ3) is 5.25. The molecule has 0 radical (unpaired) electrons. The van der Waals surface area contributed by atoms with Crippen molar-refractivity contribution in [3.8, 4) is 0 Å². The summed E-state index contributed by atoms with van der Waals surface area (Å²) in [5.41, 5.74) is 6.07. The molecule has 0 aliphatic carbocycles. The van der Waals surface area contributed by atoms with Crippen molar-refractivity contribution in [2.24, 2.45) is 11.7 Å². The van der Waals surface area contributed by atoms with Crippen LogP contribution in [-0.2, 0) is 0 Å². The fourth-order valence-corrected chi connectivity index (χ4v) is 2.59. The number of aliphatic hydroxyl groups excluding tert-OH is 1. The van der Waals surface area contributed by atoms with E-state index in [-0.39, 0.29) is 17.9 Å². The van der Waals surface area contributed by atoms with Crippen LogP contribution in [0.3, 0.4) is 0 Å². The summed E-state index contributed by atoms with van der Waals surface area (Å²) in [6, 6.07) is 3.61. The van der Waals surface area contributed by atoms with E-state index in [1.165, 1.54) is 11.8 Å². The van der Waals surface area contributed by atoms with E-state index in [0.717, 1.165) is 11.4 Å². The molecule has 1 heterocycles. The van der Waals surface area contributed by atoms with Gasteiger partial charge in [-0.2, -0.15) is 0 Å². The molecule has 0 bridgehead atoms. The average molecular weight is 275 g/mol. The number of nitrogens with zero attached hydrogens (tertiary/aromatic N) is 1. The fraction of sp³-hybridized carbons (Fsp3) is 0.583. The van der Waals surface area contributed by atoms with Gasteiger partial charge in [-0.3, -0.25) is 0 Å². The standard InChI is InChI=1S/C12H19ClN2OS/c1-8(2)5-10(14)11(7-16)17-12-4-3-9(13)6-15-12/h3-4,6,8,10-11,16H,5,7,14H2,1-2H3. The van der Waals surface area contributed by atoms with Gasteiger partial charge in [-0.25, -0.2) is 4.98 Å². The Morgan fingerprint density at radius 2 is 2.18 bits per heavy atom. The van der Waals surface area contributed by atoms with E-state index in [2.05, 4.69) is 18.8 Å². The SMILES string of the molecule is CC(C)CC(N)C(CO)Sc1ccc(Cl)cn1. The normalized spacial score (nSPS) is 14.9. The van der Waals surface area contributed by atoms with Crippen molar-refractivity contribution >= 4 is 23.4 Å². The smallest absolute Gasteiger partial charge is 0.0965 e. The lowest BCUT2D eigenvalue weighted by molar-refractivity contribution is 0.275. The second-order valence-electron chi connectivity index (χ2n) is 4.45. The molecule has 2 unspecified atom stereocenters. The lowest BCUT2D eigenvalue weighted by Gasteiger charge is -2.22. The van der Waals surface area contributed by atoms with Crippen LogP contribution in [0.1, 0.15) is 20.3 Å². The lowest BCUT2D eigenvalue weighted by Crippen LogP contribution is -2.36. The van der Waals surface area contributed by atoms with Gasteiger partial charge >= 0.3 is 0 Å².